The van der Waals surface area contributed by atoms with E-state index in [1.165, 1.54) is 51.2 Å². The van der Waals surface area contributed by atoms with Crippen molar-refractivity contribution in [2.75, 3.05) is 46.8 Å². The molecule has 16 heteroatoms. The zero-order chi connectivity index (χ0) is 57.8. The highest BCUT2D eigenvalue weighted by Gasteiger charge is 2.51. The van der Waals surface area contributed by atoms with Gasteiger partial charge in [-0.2, -0.15) is 0 Å². The molecule has 0 aliphatic carbocycles. The molecule has 0 aromatic rings. The molecule has 1 N–H and O–H groups in total. The van der Waals surface area contributed by atoms with Crippen LogP contribution in [0.15, 0.2) is 37.6 Å². The SMILES string of the molecule is C#CC#CC#CC#CC#CC#CC#CCC(=O)CC(=O)NC1[C@@H](O/C=C\C)O[C@H](CO[C@@H]2O[C@H](COC)[C@@H](OP(=O)(OCC=C)OCC=C)[C@H](OCC[C@H](C=O)CCCCCCC)[C@H]2C)[C@@H](C)[C@@H]1OCCCCCCCCCC. The second kappa shape index (κ2) is 44.4. The lowest BCUT2D eigenvalue weighted by Crippen LogP contribution is -2.63. The molecule has 1 unspecified atom stereocenters. The van der Waals surface area contributed by atoms with Gasteiger partial charge in [-0.3, -0.25) is 23.2 Å². The van der Waals surface area contributed by atoms with E-state index in [4.69, 9.17) is 53.2 Å². The molecule has 0 saturated carbocycles. The molecular weight excluding hydrogens is 1030 g/mol. The summed E-state index contributed by atoms with van der Waals surface area (Å²) < 4.78 is 76.6. The highest BCUT2D eigenvalue weighted by molar-refractivity contribution is 7.48. The highest BCUT2D eigenvalue weighted by atomic mass is 31.2. The number of phosphoric acid groups is 1. The van der Waals surface area contributed by atoms with E-state index in [2.05, 4.69) is 109 Å². The third-order valence-electron chi connectivity index (χ3n) is 12.8. The number of Topliss-reactive ketones (excluding diaryl/α,β-unsaturated/α-hetero) is 1. The van der Waals surface area contributed by atoms with E-state index in [0.717, 1.165) is 70.5 Å². The van der Waals surface area contributed by atoms with Crippen LogP contribution in [0.2, 0.25) is 0 Å². The minimum absolute atomic E-state index is 0.0156. The van der Waals surface area contributed by atoms with Crippen molar-refractivity contribution in [2.45, 2.75) is 193 Å². The molecular formula is C63H86NO14P. The van der Waals surface area contributed by atoms with Crippen LogP contribution in [0.25, 0.3) is 0 Å². The Hall–Kier alpha value is -5.38. The van der Waals surface area contributed by atoms with Gasteiger partial charge in [0, 0.05) is 38.1 Å². The monoisotopic (exact) mass is 1110 g/mol. The van der Waals surface area contributed by atoms with Gasteiger partial charge in [0.15, 0.2) is 12.1 Å². The fourth-order valence-corrected chi connectivity index (χ4v) is 9.98. The second-order valence-electron chi connectivity index (χ2n) is 19.1. The van der Waals surface area contributed by atoms with Crippen LogP contribution in [-0.4, -0.2) is 114 Å². The van der Waals surface area contributed by atoms with Crippen LogP contribution in [-0.2, 0) is 65.7 Å². The number of rotatable bonds is 40. The van der Waals surface area contributed by atoms with E-state index >= 15 is 0 Å². The molecule has 0 spiro atoms. The Bertz CT molecular complexity index is 2330. The number of ether oxygens (including phenoxy) is 7. The van der Waals surface area contributed by atoms with Crippen molar-refractivity contribution in [1.29, 1.82) is 0 Å². The summed E-state index contributed by atoms with van der Waals surface area (Å²) in [5, 5.41) is 2.99. The molecule has 2 aliphatic heterocycles. The van der Waals surface area contributed by atoms with E-state index in [-0.39, 0.29) is 45.4 Å². The van der Waals surface area contributed by atoms with Gasteiger partial charge in [-0.15, -0.1) is 19.6 Å². The van der Waals surface area contributed by atoms with Crippen LogP contribution >= 0.6 is 7.82 Å². The average Bonchev–Trinajstić information content (AvgIpc) is 3.49. The molecule has 0 aromatic carbocycles. The topological polar surface area (TPSA) is 173 Å². The van der Waals surface area contributed by atoms with Gasteiger partial charge in [0.25, 0.3) is 0 Å². The van der Waals surface area contributed by atoms with Gasteiger partial charge in [0.2, 0.25) is 12.2 Å². The fourth-order valence-electron chi connectivity index (χ4n) is 8.66. The number of aldehydes is 1. The number of unbranched alkanes of at least 4 members (excludes halogenated alkanes) is 11. The first kappa shape index (κ1) is 69.7. The Morgan fingerprint density at radius 3 is 1.84 bits per heavy atom. The maximum atomic E-state index is 14.2. The minimum Gasteiger partial charge on any atom is -0.471 e. The van der Waals surface area contributed by atoms with Crippen molar-refractivity contribution in [3.63, 3.8) is 0 Å². The molecule has 79 heavy (non-hydrogen) atoms. The Labute approximate surface area is 473 Å². The lowest BCUT2D eigenvalue weighted by molar-refractivity contribution is -0.306. The zero-order valence-electron chi connectivity index (χ0n) is 47.7. The Kier molecular flexibility index (Phi) is 39.2. The molecule has 432 valence electrons. The van der Waals surface area contributed by atoms with Crippen LogP contribution in [0.5, 0.6) is 0 Å². The Balaban J connectivity index is 2.41. The van der Waals surface area contributed by atoms with Crippen molar-refractivity contribution < 1.29 is 65.7 Å². The predicted octanol–water partition coefficient (Wildman–Crippen LogP) is 9.78. The van der Waals surface area contributed by atoms with Crippen molar-refractivity contribution in [3.05, 3.63) is 37.6 Å². The van der Waals surface area contributed by atoms with Gasteiger partial charge in [-0.05, 0) is 97.2 Å². The van der Waals surface area contributed by atoms with Crippen molar-refractivity contribution >= 4 is 25.8 Å². The van der Waals surface area contributed by atoms with Crippen LogP contribution in [0.3, 0.4) is 0 Å². The molecule has 15 nitrogen and oxygen atoms in total. The van der Waals surface area contributed by atoms with Crippen LogP contribution < -0.4 is 5.32 Å². The fraction of sp³-hybridized carbons (Fsp3) is 0.635. The quantitative estimate of drug-likeness (QED) is 0.0117. The van der Waals surface area contributed by atoms with E-state index in [9.17, 15) is 18.9 Å². The van der Waals surface area contributed by atoms with Gasteiger partial charge < -0.3 is 43.3 Å². The summed E-state index contributed by atoms with van der Waals surface area (Å²) in [4.78, 5) is 38.9. The van der Waals surface area contributed by atoms with Gasteiger partial charge in [-0.1, -0.05) is 129 Å². The van der Waals surface area contributed by atoms with E-state index in [0.29, 0.717) is 13.0 Å². The van der Waals surface area contributed by atoms with Gasteiger partial charge in [-0.25, -0.2) is 4.57 Å². The first-order valence-corrected chi connectivity index (χ1v) is 29.3. The summed E-state index contributed by atoms with van der Waals surface area (Å²) in [6.45, 7) is 17.6. The van der Waals surface area contributed by atoms with E-state index in [1.807, 2.05) is 13.8 Å². The maximum Gasteiger partial charge on any atom is 0.475 e. The largest absolute Gasteiger partial charge is 0.475 e. The zero-order valence-corrected chi connectivity index (χ0v) is 48.5. The number of methoxy groups -OCH3 is 1. The maximum absolute atomic E-state index is 14.2. The molecule has 2 saturated heterocycles. The van der Waals surface area contributed by atoms with Crippen LogP contribution in [0.1, 0.15) is 144 Å². The van der Waals surface area contributed by atoms with Crippen molar-refractivity contribution in [1.82, 2.24) is 5.32 Å². The second-order valence-corrected chi connectivity index (χ2v) is 20.7. The number of carbonyl (C=O) groups is 3. The average molecular weight is 1110 g/mol. The molecule has 0 radical (unpaired) electrons. The number of nitrogens with one attached hydrogen (secondary N) is 1. The molecule has 1 amide bonds. The third-order valence-corrected chi connectivity index (χ3v) is 14.2. The van der Waals surface area contributed by atoms with Crippen LogP contribution in [0, 0.1) is 101 Å². The number of amides is 1. The number of ketones is 1. The lowest BCUT2D eigenvalue weighted by atomic mass is 9.88. The molecule has 0 aromatic heterocycles. The van der Waals surface area contributed by atoms with Crippen LogP contribution in [0.4, 0.5) is 0 Å². The molecule has 2 aliphatic rings. The van der Waals surface area contributed by atoms with Crippen molar-refractivity contribution in [2.24, 2.45) is 17.8 Å². The number of carbonyl (C=O) groups excluding carboxylic acids is 3. The number of phosphoric ester groups is 1. The van der Waals surface area contributed by atoms with Crippen molar-refractivity contribution in [3.8, 4) is 83.4 Å². The molecule has 2 heterocycles. The van der Waals surface area contributed by atoms with E-state index in [1.54, 1.807) is 13.0 Å². The Morgan fingerprint density at radius 2 is 1.25 bits per heavy atom. The number of hydrogen-bond acceptors (Lipinski definition) is 14. The standard InChI is InChI=1S/C63H86NO14P/c1-10-16-19-22-24-26-27-28-29-30-31-34-37-40-54(66)47-57(67)64-58-59(70-45-38-35-32-25-23-20-17-11-2)51(7)55(76-63(58)72-42-13-4)50-73-62-52(8)60(71-46-41-53(48-65)39-36-33-21-18-12-3)61(56(77-62)49-69-9)78-79(68,74-43-14-5)75-44-15-6/h1,13-15,42,48,51-53,55-56,58-63H,5-6,11-12,17-18,20-21,23,25,32-33,35-36,38-41,43-47,49-50H2,2-4,7-9H3,(H,64,67)/b42-13-/t51-,52-,53-,55-,56-,58?,59+,60-,61-,62-,63+/m1/s1. The number of allylic oxidation sites excluding steroid dienone is 1. The lowest BCUT2D eigenvalue weighted by Gasteiger charge is -2.47. The summed E-state index contributed by atoms with van der Waals surface area (Å²) in [6.07, 6.45) is 20.7. The summed E-state index contributed by atoms with van der Waals surface area (Å²) in [6, 6.07) is -0.835. The smallest absolute Gasteiger partial charge is 0.471 e. The normalized spacial score (nSPS) is 22.5. The van der Waals surface area contributed by atoms with Gasteiger partial charge in [0.1, 0.15) is 24.5 Å². The molecule has 2 fully saturated rings. The van der Waals surface area contributed by atoms with E-state index < -0.39 is 86.9 Å². The molecule has 2 rings (SSSR count). The number of hydrogen-bond donors (Lipinski definition) is 1. The highest BCUT2D eigenvalue weighted by Crippen LogP contribution is 2.53. The molecule has 11 atom stereocenters. The number of terminal acetylenes is 1. The summed E-state index contributed by atoms with van der Waals surface area (Å²) in [5.41, 5.74) is 0. The van der Waals surface area contributed by atoms with Gasteiger partial charge >= 0.3 is 7.82 Å². The predicted molar refractivity (Wildman–Crippen MR) is 305 cm³/mol. The minimum atomic E-state index is -4.26. The molecule has 0 bridgehead atoms. The third kappa shape index (κ3) is 29.6. The Morgan fingerprint density at radius 1 is 0.684 bits per heavy atom. The summed E-state index contributed by atoms with van der Waals surface area (Å²) in [5.74, 6) is 30.0. The summed E-state index contributed by atoms with van der Waals surface area (Å²) >= 11 is 0. The summed E-state index contributed by atoms with van der Waals surface area (Å²) in [7, 11) is -2.76. The van der Waals surface area contributed by atoms with Gasteiger partial charge in [0.05, 0.1) is 63.8 Å². The first-order valence-electron chi connectivity index (χ1n) is 27.9. The first-order chi connectivity index (χ1) is 38.5.